The van der Waals surface area contributed by atoms with Crippen LogP contribution in [0.4, 0.5) is 18.9 Å². The van der Waals surface area contributed by atoms with Crippen molar-refractivity contribution in [3.8, 4) is 0 Å². The summed E-state index contributed by atoms with van der Waals surface area (Å²) < 4.78 is 38.9. The first-order chi connectivity index (χ1) is 9.30. The van der Waals surface area contributed by atoms with Crippen molar-refractivity contribution in [3.63, 3.8) is 0 Å². The molecule has 0 radical (unpaired) electrons. The van der Waals surface area contributed by atoms with E-state index in [-0.39, 0.29) is 0 Å². The van der Waals surface area contributed by atoms with Gasteiger partial charge < -0.3 is 4.90 Å². The van der Waals surface area contributed by atoms with Crippen molar-refractivity contribution in [1.29, 1.82) is 0 Å². The lowest BCUT2D eigenvalue weighted by molar-refractivity contribution is -0.114. The monoisotopic (exact) mass is 283 g/mol. The Kier molecular flexibility index (Phi) is 3.52. The molecule has 106 valence electrons. The van der Waals surface area contributed by atoms with E-state index in [1.165, 1.54) is 17.0 Å². The standard InChI is InChI=1S/C13H12F3N3O/c1-18(2)8-10-11(13(14,15)16)17-19(12(10)20)9-6-4-3-5-7-9/h3-8H,1-2H3. The third-order valence-electron chi connectivity index (χ3n) is 2.53. The number of hydrogen-bond donors (Lipinski definition) is 0. The number of nitrogens with zero attached hydrogens (tertiary/aromatic N) is 3. The van der Waals surface area contributed by atoms with E-state index in [2.05, 4.69) is 5.10 Å². The van der Waals surface area contributed by atoms with Gasteiger partial charge in [-0.15, -0.1) is 0 Å². The predicted octanol–water partition coefficient (Wildman–Crippen LogP) is 2.40. The molecule has 0 bridgehead atoms. The normalized spacial score (nSPS) is 17.6. The van der Waals surface area contributed by atoms with Crippen LogP contribution in [0.3, 0.4) is 0 Å². The van der Waals surface area contributed by atoms with Crippen LogP contribution in [0.5, 0.6) is 0 Å². The Bertz CT molecular complexity index is 576. The maximum Gasteiger partial charge on any atom is 0.435 e. The summed E-state index contributed by atoms with van der Waals surface area (Å²) in [6.45, 7) is 0. The number of rotatable bonds is 2. The number of carbonyl (C=O) groups excluding carboxylic acids is 1. The Balaban J connectivity index is 2.49. The van der Waals surface area contributed by atoms with Crippen LogP contribution in [0, 0.1) is 0 Å². The molecule has 1 aromatic carbocycles. The van der Waals surface area contributed by atoms with E-state index in [4.69, 9.17) is 0 Å². The first kappa shape index (κ1) is 14.1. The van der Waals surface area contributed by atoms with Crippen molar-refractivity contribution in [3.05, 3.63) is 42.1 Å². The topological polar surface area (TPSA) is 35.9 Å². The number of anilines is 1. The van der Waals surface area contributed by atoms with Gasteiger partial charge in [0.1, 0.15) is 0 Å². The lowest BCUT2D eigenvalue weighted by Crippen LogP contribution is -2.27. The molecule has 1 heterocycles. The van der Waals surface area contributed by atoms with Crippen molar-refractivity contribution in [2.45, 2.75) is 6.18 Å². The third kappa shape index (κ3) is 2.66. The summed E-state index contributed by atoms with van der Waals surface area (Å²) in [6.07, 6.45) is -3.56. The van der Waals surface area contributed by atoms with Gasteiger partial charge in [-0.25, -0.2) is 0 Å². The van der Waals surface area contributed by atoms with Crippen molar-refractivity contribution in [2.24, 2.45) is 5.10 Å². The van der Waals surface area contributed by atoms with Crippen LogP contribution < -0.4 is 5.01 Å². The minimum absolute atomic E-state index is 0.293. The molecule has 20 heavy (non-hydrogen) atoms. The van der Waals surface area contributed by atoms with E-state index in [0.29, 0.717) is 5.69 Å². The van der Waals surface area contributed by atoms with Crippen LogP contribution in [-0.4, -0.2) is 36.8 Å². The Labute approximate surface area is 113 Å². The number of hydrazone groups is 1. The maximum absolute atomic E-state index is 13.0. The quantitative estimate of drug-likeness (QED) is 0.781. The Hall–Kier alpha value is -2.31. The van der Waals surface area contributed by atoms with Crippen LogP contribution >= 0.6 is 0 Å². The Morgan fingerprint density at radius 3 is 2.30 bits per heavy atom. The lowest BCUT2D eigenvalue weighted by Gasteiger charge is -2.11. The largest absolute Gasteiger partial charge is 0.435 e. The van der Waals surface area contributed by atoms with Crippen LogP contribution in [0.2, 0.25) is 0 Å². The first-order valence-corrected chi connectivity index (χ1v) is 5.74. The summed E-state index contributed by atoms with van der Waals surface area (Å²) in [4.78, 5) is 13.5. The maximum atomic E-state index is 13.0. The number of benzene rings is 1. The molecule has 1 aliphatic rings. The summed E-state index contributed by atoms with van der Waals surface area (Å²) in [6, 6.07) is 8.00. The predicted molar refractivity (Wildman–Crippen MR) is 69.2 cm³/mol. The van der Waals surface area contributed by atoms with Gasteiger partial charge in [0.2, 0.25) is 0 Å². The summed E-state index contributed by atoms with van der Waals surface area (Å²) >= 11 is 0. The minimum atomic E-state index is -4.68. The van der Waals surface area contributed by atoms with Crippen molar-refractivity contribution >= 4 is 17.3 Å². The van der Waals surface area contributed by atoms with Gasteiger partial charge >= 0.3 is 6.18 Å². The number of amides is 1. The molecule has 7 heteroatoms. The molecule has 0 fully saturated rings. The van der Waals surface area contributed by atoms with Gasteiger partial charge in [-0.2, -0.15) is 23.3 Å². The molecule has 0 aromatic heterocycles. The second-order valence-corrected chi connectivity index (χ2v) is 4.41. The van der Waals surface area contributed by atoms with Gasteiger partial charge in [-0.05, 0) is 12.1 Å². The molecule has 1 aromatic rings. The molecule has 2 rings (SSSR count). The van der Waals surface area contributed by atoms with Gasteiger partial charge in [0, 0.05) is 20.3 Å². The highest BCUT2D eigenvalue weighted by Crippen LogP contribution is 2.31. The van der Waals surface area contributed by atoms with Crippen molar-refractivity contribution < 1.29 is 18.0 Å². The van der Waals surface area contributed by atoms with Crippen LogP contribution in [0.15, 0.2) is 47.2 Å². The highest BCUT2D eigenvalue weighted by Gasteiger charge is 2.46. The zero-order valence-corrected chi connectivity index (χ0v) is 10.8. The first-order valence-electron chi connectivity index (χ1n) is 5.74. The van der Waals surface area contributed by atoms with Gasteiger partial charge in [-0.3, -0.25) is 4.79 Å². The Morgan fingerprint density at radius 2 is 1.80 bits per heavy atom. The van der Waals surface area contributed by atoms with Crippen LogP contribution in [0.25, 0.3) is 0 Å². The van der Waals surface area contributed by atoms with Crippen LogP contribution in [-0.2, 0) is 4.79 Å². The summed E-state index contributed by atoms with van der Waals surface area (Å²) in [5, 5.41) is 4.19. The number of carbonyl (C=O) groups is 1. The second kappa shape index (κ2) is 4.99. The molecule has 0 spiro atoms. The van der Waals surface area contributed by atoms with E-state index >= 15 is 0 Å². The van der Waals surface area contributed by atoms with Crippen molar-refractivity contribution in [2.75, 3.05) is 19.1 Å². The fourth-order valence-corrected chi connectivity index (χ4v) is 1.74. The molecule has 0 N–H and O–H groups in total. The van der Waals surface area contributed by atoms with E-state index in [9.17, 15) is 18.0 Å². The highest BCUT2D eigenvalue weighted by molar-refractivity contribution is 6.31. The summed E-state index contributed by atoms with van der Waals surface area (Å²) in [7, 11) is 3.08. The minimum Gasteiger partial charge on any atom is -0.383 e. The SMILES string of the molecule is CN(C)C=C1C(=O)N(c2ccccc2)N=C1C(F)(F)F. The zero-order valence-electron chi connectivity index (χ0n) is 10.8. The summed E-state index contributed by atoms with van der Waals surface area (Å²) in [5.41, 5.74) is -1.35. The van der Waals surface area contributed by atoms with Gasteiger partial charge in [-0.1, -0.05) is 18.2 Å². The number of hydrogen-bond acceptors (Lipinski definition) is 3. The van der Waals surface area contributed by atoms with E-state index in [0.717, 1.165) is 11.2 Å². The fraction of sp³-hybridized carbons (Fsp3) is 0.231. The van der Waals surface area contributed by atoms with Gasteiger partial charge in [0.25, 0.3) is 5.91 Å². The average molecular weight is 283 g/mol. The molecule has 0 saturated heterocycles. The molecule has 0 unspecified atom stereocenters. The molecule has 1 amide bonds. The number of para-hydroxylation sites is 1. The van der Waals surface area contributed by atoms with E-state index in [1.807, 2.05) is 0 Å². The molecular weight excluding hydrogens is 271 g/mol. The molecule has 1 aliphatic heterocycles. The number of halogens is 3. The number of alkyl halides is 3. The third-order valence-corrected chi connectivity index (χ3v) is 2.53. The van der Waals surface area contributed by atoms with E-state index < -0.39 is 23.4 Å². The molecule has 0 aliphatic carbocycles. The van der Waals surface area contributed by atoms with Gasteiger partial charge in [0.05, 0.1) is 11.3 Å². The average Bonchev–Trinajstić information content (AvgIpc) is 2.67. The van der Waals surface area contributed by atoms with Gasteiger partial charge in [0.15, 0.2) is 5.71 Å². The highest BCUT2D eigenvalue weighted by atomic mass is 19.4. The fourth-order valence-electron chi connectivity index (χ4n) is 1.74. The molecule has 0 saturated carbocycles. The summed E-state index contributed by atoms with van der Waals surface area (Å²) in [5.74, 6) is -0.794. The second-order valence-electron chi connectivity index (χ2n) is 4.41. The molecule has 4 nitrogen and oxygen atoms in total. The van der Waals surface area contributed by atoms with Crippen LogP contribution in [0.1, 0.15) is 0 Å². The zero-order chi connectivity index (χ0) is 14.9. The Morgan fingerprint density at radius 1 is 1.20 bits per heavy atom. The van der Waals surface area contributed by atoms with Crippen molar-refractivity contribution in [1.82, 2.24) is 4.90 Å². The lowest BCUT2D eigenvalue weighted by atomic mass is 10.1. The van der Waals surface area contributed by atoms with E-state index in [1.54, 1.807) is 32.3 Å². The smallest absolute Gasteiger partial charge is 0.383 e. The molecular formula is C13H12F3N3O. The molecule has 0 atom stereocenters.